The summed E-state index contributed by atoms with van der Waals surface area (Å²) in [6.45, 7) is -1.44. The number of ether oxygens (including phenoxy) is 1. The van der Waals surface area contributed by atoms with Crippen molar-refractivity contribution in [3.63, 3.8) is 0 Å². The van der Waals surface area contributed by atoms with Crippen LogP contribution in [0.4, 0.5) is 13.2 Å². The van der Waals surface area contributed by atoms with E-state index in [1.54, 1.807) is 4.90 Å². The summed E-state index contributed by atoms with van der Waals surface area (Å²) < 4.78 is 40.2. The fourth-order valence-electron chi connectivity index (χ4n) is 1.71. The van der Waals surface area contributed by atoms with Gasteiger partial charge >= 0.3 is 6.18 Å². The molecule has 2 rings (SSSR count). The smallest absolute Gasteiger partial charge is 0.362 e. The molecule has 0 aliphatic heterocycles. The van der Waals surface area contributed by atoms with Crippen molar-refractivity contribution in [1.29, 1.82) is 0 Å². The van der Waals surface area contributed by atoms with E-state index in [0.29, 0.717) is 6.54 Å². The first-order valence-electron chi connectivity index (χ1n) is 5.92. The summed E-state index contributed by atoms with van der Waals surface area (Å²) in [6, 6.07) is 3.95. The first-order chi connectivity index (χ1) is 8.96. The molecule has 1 aromatic heterocycles. The van der Waals surface area contributed by atoms with Gasteiger partial charge in [-0.05, 0) is 24.3 Å². The third kappa shape index (κ3) is 4.83. The molecule has 0 unspecified atom stereocenters. The molecule has 0 atom stereocenters. The second-order valence-electron chi connectivity index (χ2n) is 4.44. The van der Waals surface area contributed by atoms with Gasteiger partial charge in [0.05, 0.1) is 6.54 Å². The van der Waals surface area contributed by atoms with Crippen molar-refractivity contribution in [2.45, 2.75) is 31.6 Å². The molecule has 19 heavy (non-hydrogen) atoms. The van der Waals surface area contributed by atoms with Gasteiger partial charge in [-0.1, -0.05) is 6.07 Å². The molecule has 1 aromatic rings. The molecule has 106 valence electrons. The molecule has 1 fully saturated rings. The molecule has 0 N–H and O–H groups in total. The van der Waals surface area contributed by atoms with Crippen LogP contribution in [0.3, 0.4) is 0 Å². The van der Waals surface area contributed by atoms with E-state index in [-0.39, 0.29) is 11.9 Å². The Balaban J connectivity index is 1.83. The summed E-state index contributed by atoms with van der Waals surface area (Å²) in [6.07, 6.45) is -2.56. The van der Waals surface area contributed by atoms with Crippen molar-refractivity contribution in [3.8, 4) is 0 Å². The van der Waals surface area contributed by atoms with E-state index >= 15 is 0 Å². The Bertz CT molecular complexity index is 415. The second-order valence-corrected chi connectivity index (χ2v) is 5.47. The molecule has 0 radical (unpaired) electrons. The maximum atomic E-state index is 11.9. The average Bonchev–Trinajstić information content (AvgIpc) is 3.01. The summed E-state index contributed by atoms with van der Waals surface area (Å²) in [5.41, 5.74) is 0. The van der Waals surface area contributed by atoms with Gasteiger partial charge in [0.25, 0.3) is 0 Å². The zero-order chi connectivity index (χ0) is 13.9. The Morgan fingerprint density at radius 1 is 1.47 bits per heavy atom. The molecule has 0 spiro atoms. The van der Waals surface area contributed by atoms with Crippen molar-refractivity contribution in [2.24, 2.45) is 0 Å². The molecule has 0 saturated heterocycles. The van der Waals surface area contributed by atoms with Crippen LogP contribution in [0.25, 0.3) is 0 Å². The number of hydrogen-bond acceptors (Lipinski definition) is 3. The van der Waals surface area contributed by atoms with Crippen LogP contribution in [-0.4, -0.2) is 36.2 Å². The molecule has 1 saturated carbocycles. The second kappa shape index (κ2) is 5.92. The lowest BCUT2D eigenvalue weighted by molar-refractivity contribution is -0.178. The summed E-state index contributed by atoms with van der Waals surface area (Å²) in [5, 5.41) is 1.91. The first-order valence-corrected chi connectivity index (χ1v) is 6.80. The van der Waals surface area contributed by atoms with Crippen LogP contribution in [-0.2, 0) is 16.1 Å². The number of nitrogens with zero attached hydrogens (tertiary/aromatic N) is 1. The molecular weight excluding hydrogens is 279 g/mol. The van der Waals surface area contributed by atoms with E-state index in [4.69, 9.17) is 0 Å². The van der Waals surface area contributed by atoms with E-state index in [1.165, 1.54) is 11.3 Å². The van der Waals surface area contributed by atoms with E-state index in [9.17, 15) is 18.0 Å². The number of rotatable bonds is 6. The highest BCUT2D eigenvalue weighted by molar-refractivity contribution is 7.09. The normalized spacial score (nSPS) is 15.5. The summed E-state index contributed by atoms with van der Waals surface area (Å²) in [5.74, 6) is -0.375. The minimum absolute atomic E-state index is 0.157. The number of hydrogen-bond donors (Lipinski definition) is 0. The lowest BCUT2D eigenvalue weighted by Gasteiger charge is -2.21. The Labute approximate surface area is 113 Å². The Morgan fingerprint density at radius 2 is 2.21 bits per heavy atom. The Hall–Kier alpha value is -1.08. The highest BCUT2D eigenvalue weighted by atomic mass is 32.1. The predicted octanol–water partition coefficient (Wildman–Crippen LogP) is 2.82. The highest BCUT2D eigenvalue weighted by Gasteiger charge is 2.33. The Morgan fingerprint density at radius 3 is 2.74 bits per heavy atom. The van der Waals surface area contributed by atoms with Crippen LogP contribution in [0, 0.1) is 0 Å². The first kappa shape index (κ1) is 14.3. The van der Waals surface area contributed by atoms with Gasteiger partial charge in [-0.3, -0.25) is 4.79 Å². The quantitative estimate of drug-likeness (QED) is 0.807. The number of amides is 1. The molecule has 0 bridgehead atoms. The van der Waals surface area contributed by atoms with Gasteiger partial charge in [-0.2, -0.15) is 13.2 Å². The summed E-state index contributed by atoms with van der Waals surface area (Å²) in [4.78, 5) is 14.5. The number of halogens is 3. The van der Waals surface area contributed by atoms with Crippen molar-refractivity contribution < 1.29 is 22.7 Å². The molecule has 1 heterocycles. The van der Waals surface area contributed by atoms with Crippen LogP contribution >= 0.6 is 11.3 Å². The minimum Gasteiger partial charge on any atom is -0.362 e. The van der Waals surface area contributed by atoms with Crippen molar-refractivity contribution in [3.05, 3.63) is 22.4 Å². The maximum absolute atomic E-state index is 11.9. The zero-order valence-electron chi connectivity index (χ0n) is 10.2. The van der Waals surface area contributed by atoms with E-state index < -0.39 is 19.4 Å². The molecule has 1 aliphatic rings. The fourth-order valence-corrected chi connectivity index (χ4v) is 2.42. The molecule has 3 nitrogen and oxygen atoms in total. The monoisotopic (exact) mass is 293 g/mol. The lowest BCUT2D eigenvalue weighted by Crippen LogP contribution is -2.36. The van der Waals surface area contributed by atoms with Gasteiger partial charge in [0, 0.05) is 10.9 Å². The number of thiophene rings is 1. The summed E-state index contributed by atoms with van der Waals surface area (Å²) >= 11 is 1.53. The van der Waals surface area contributed by atoms with Gasteiger partial charge in [0.15, 0.2) is 0 Å². The van der Waals surface area contributed by atoms with Crippen LogP contribution in [0.5, 0.6) is 0 Å². The molecule has 1 aliphatic carbocycles. The van der Waals surface area contributed by atoms with Crippen LogP contribution in [0.15, 0.2) is 17.5 Å². The van der Waals surface area contributed by atoms with Gasteiger partial charge < -0.3 is 9.64 Å². The minimum atomic E-state index is -4.39. The number of carbonyl (C=O) groups is 1. The van der Waals surface area contributed by atoms with Crippen molar-refractivity contribution in [1.82, 2.24) is 4.90 Å². The van der Waals surface area contributed by atoms with Gasteiger partial charge in [0.2, 0.25) is 5.91 Å². The fraction of sp³-hybridized carbons (Fsp3) is 0.583. The zero-order valence-corrected chi connectivity index (χ0v) is 11.0. The predicted molar refractivity (Wildman–Crippen MR) is 64.8 cm³/mol. The van der Waals surface area contributed by atoms with Crippen molar-refractivity contribution in [2.75, 3.05) is 13.2 Å². The van der Waals surface area contributed by atoms with E-state index in [1.807, 2.05) is 17.5 Å². The summed E-state index contributed by atoms with van der Waals surface area (Å²) in [7, 11) is 0. The Kier molecular flexibility index (Phi) is 4.46. The van der Waals surface area contributed by atoms with Crippen LogP contribution < -0.4 is 0 Å². The molecular formula is C12H14F3NO2S. The van der Waals surface area contributed by atoms with Crippen molar-refractivity contribution >= 4 is 17.2 Å². The lowest BCUT2D eigenvalue weighted by atomic mass is 10.4. The third-order valence-corrected chi connectivity index (χ3v) is 3.57. The van der Waals surface area contributed by atoms with Crippen LogP contribution in [0.2, 0.25) is 0 Å². The molecule has 7 heteroatoms. The SMILES string of the molecule is O=C(COCC(F)(F)F)N(Cc1cccs1)C1CC1. The topological polar surface area (TPSA) is 29.5 Å². The molecule has 1 amide bonds. The highest BCUT2D eigenvalue weighted by Crippen LogP contribution is 2.29. The number of carbonyl (C=O) groups excluding carboxylic acids is 1. The van der Waals surface area contributed by atoms with E-state index in [0.717, 1.165) is 17.7 Å². The maximum Gasteiger partial charge on any atom is 0.411 e. The third-order valence-electron chi connectivity index (χ3n) is 2.71. The van der Waals surface area contributed by atoms with E-state index in [2.05, 4.69) is 4.74 Å². The van der Waals surface area contributed by atoms with Gasteiger partial charge in [-0.25, -0.2) is 0 Å². The average molecular weight is 293 g/mol. The molecule has 0 aromatic carbocycles. The van der Waals surface area contributed by atoms with Gasteiger partial charge in [0.1, 0.15) is 13.2 Å². The number of alkyl halides is 3. The largest absolute Gasteiger partial charge is 0.411 e. The van der Waals surface area contributed by atoms with Gasteiger partial charge in [-0.15, -0.1) is 11.3 Å². The standard InChI is InChI=1S/C12H14F3NO2S/c13-12(14,15)8-18-7-11(17)16(9-3-4-9)6-10-2-1-5-19-10/h1-2,5,9H,3-4,6-8H2. The van der Waals surface area contributed by atoms with Crippen LogP contribution in [0.1, 0.15) is 17.7 Å².